The molecule has 0 radical (unpaired) electrons. The van der Waals surface area contributed by atoms with Crippen molar-refractivity contribution >= 4 is 23.2 Å². The van der Waals surface area contributed by atoms with E-state index in [1.165, 1.54) is 0 Å². The van der Waals surface area contributed by atoms with Gasteiger partial charge in [0.25, 0.3) is 0 Å². The maximum absolute atomic E-state index is 11.8. The molecule has 1 unspecified atom stereocenters. The summed E-state index contributed by atoms with van der Waals surface area (Å²) in [5.74, 6) is 0.775. The summed E-state index contributed by atoms with van der Waals surface area (Å²) in [7, 11) is 0. The van der Waals surface area contributed by atoms with E-state index in [0.29, 0.717) is 29.5 Å². The predicted octanol–water partition coefficient (Wildman–Crippen LogP) is 3.05. The Morgan fingerprint density at radius 2 is 2.16 bits per heavy atom. The summed E-state index contributed by atoms with van der Waals surface area (Å²) < 4.78 is 5.33. The third-order valence-corrected chi connectivity index (χ3v) is 3.09. The van der Waals surface area contributed by atoms with Gasteiger partial charge in [0.1, 0.15) is 5.75 Å². The molecule has 1 aromatic carbocycles. The van der Waals surface area contributed by atoms with Crippen molar-refractivity contribution in [3.05, 3.63) is 23.2 Å². The summed E-state index contributed by atoms with van der Waals surface area (Å²) >= 11 is 6.05. The van der Waals surface area contributed by atoms with Gasteiger partial charge in [0.05, 0.1) is 11.6 Å². The third kappa shape index (κ3) is 5.09. The number of nitrogens with two attached hydrogens (primary N) is 1. The van der Waals surface area contributed by atoms with Crippen molar-refractivity contribution in [2.24, 2.45) is 11.7 Å². The first-order valence-electron chi connectivity index (χ1n) is 6.41. The van der Waals surface area contributed by atoms with Gasteiger partial charge in [-0.1, -0.05) is 25.4 Å². The molecule has 0 saturated heterocycles. The molecule has 19 heavy (non-hydrogen) atoms. The molecule has 0 bridgehead atoms. The average molecular weight is 285 g/mol. The number of ether oxygens (including phenoxy) is 1. The van der Waals surface area contributed by atoms with Crippen LogP contribution in [-0.2, 0) is 4.79 Å². The first-order chi connectivity index (χ1) is 8.93. The lowest BCUT2D eigenvalue weighted by Gasteiger charge is -2.15. The predicted molar refractivity (Wildman–Crippen MR) is 78.7 cm³/mol. The molecular weight excluding hydrogens is 264 g/mol. The van der Waals surface area contributed by atoms with Crippen LogP contribution in [0.4, 0.5) is 5.69 Å². The van der Waals surface area contributed by atoms with Gasteiger partial charge in [0.15, 0.2) is 0 Å². The first kappa shape index (κ1) is 15.8. The molecule has 0 aliphatic rings. The van der Waals surface area contributed by atoms with Crippen LogP contribution < -0.4 is 15.8 Å². The lowest BCUT2D eigenvalue weighted by Crippen LogP contribution is -2.31. The second-order valence-corrected chi connectivity index (χ2v) is 5.15. The van der Waals surface area contributed by atoms with E-state index in [1.807, 2.05) is 20.8 Å². The van der Waals surface area contributed by atoms with Crippen molar-refractivity contribution in [1.29, 1.82) is 0 Å². The molecule has 0 aromatic heterocycles. The Kier molecular flexibility index (Phi) is 6.12. The molecule has 0 saturated carbocycles. The van der Waals surface area contributed by atoms with Gasteiger partial charge in [-0.25, -0.2) is 0 Å². The number of nitrogens with one attached hydrogen (secondary N) is 1. The van der Waals surface area contributed by atoms with E-state index in [1.54, 1.807) is 18.2 Å². The molecule has 4 nitrogen and oxygen atoms in total. The number of amides is 1. The van der Waals surface area contributed by atoms with Gasteiger partial charge in [0, 0.05) is 18.2 Å². The zero-order valence-electron chi connectivity index (χ0n) is 11.6. The summed E-state index contributed by atoms with van der Waals surface area (Å²) in [6, 6.07) is 5.03. The highest BCUT2D eigenvalue weighted by Crippen LogP contribution is 2.27. The van der Waals surface area contributed by atoms with Crippen molar-refractivity contribution in [2.75, 3.05) is 11.9 Å². The molecule has 0 heterocycles. The molecule has 1 amide bonds. The van der Waals surface area contributed by atoms with Crippen LogP contribution in [0.5, 0.6) is 5.75 Å². The number of rotatable bonds is 6. The zero-order valence-corrected chi connectivity index (χ0v) is 12.3. The quantitative estimate of drug-likeness (QED) is 0.844. The Morgan fingerprint density at radius 3 is 2.68 bits per heavy atom. The minimum Gasteiger partial charge on any atom is -0.492 e. The molecule has 1 rings (SSSR count). The SMILES string of the molecule is CCOc1ccc(NC(=O)CC(N)C(C)C)cc1Cl. The van der Waals surface area contributed by atoms with Crippen molar-refractivity contribution in [2.45, 2.75) is 33.2 Å². The third-order valence-electron chi connectivity index (χ3n) is 2.79. The number of halogens is 1. The van der Waals surface area contributed by atoms with E-state index in [2.05, 4.69) is 5.32 Å². The molecule has 0 spiro atoms. The standard InChI is InChI=1S/C14H21ClN2O2/c1-4-19-13-6-5-10(7-11(13)15)17-14(18)8-12(16)9(2)3/h5-7,9,12H,4,8,16H2,1-3H3,(H,17,18). The number of hydrogen-bond acceptors (Lipinski definition) is 3. The molecular formula is C14H21ClN2O2. The monoisotopic (exact) mass is 284 g/mol. The fourth-order valence-electron chi connectivity index (χ4n) is 1.51. The highest BCUT2D eigenvalue weighted by molar-refractivity contribution is 6.32. The molecule has 1 atom stereocenters. The molecule has 5 heteroatoms. The smallest absolute Gasteiger partial charge is 0.225 e. The number of hydrogen-bond donors (Lipinski definition) is 2. The average Bonchev–Trinajstić information content (AvgIpc) is 2.32. The molecule has 106 valence electrons. The normalized spacial score (nSPS) is 12.3. The van der Waals surface area contributed by atoms with Crippen molar-refractivity contribution in [3.8, 4) is 5.75 Å². The summed E-state index contributed by atoms with van der Waals surface area (Å²) in [5.41, 5.74) is 6.51. The van der Waals surface area contributed by atoms with Gasteiger partial charge in [-0.05, 0) is 31.0 Å². The largest absolute Gasteiger partial charge is 0.492 e. The molecule has 0 aliphatic heterocycles. The van der Waals surface area contributed by atoms with Gasteiger partial charge >= 0.3 is 0 Å². The van der Waals surface area contributed by atoms with Gasteiger partial charge in [-0.2, -0.15) is 0 Å². The number of benzene rings is 1. The van der Waals surface area contributed by atoms with Gasteiger partial charge in [0.2, 0.25) is 5.91 Å². The molecule has 1 aromatic rings. The maximum atomic E-state index is 11.8. The van der Waals surface area contributed by atoms with E-state index in [9.17, 15) is 4.79 Å². The topological polar surface area (TPSA) is 64.3 Å². The van der Waals surface area contributed by atoms with Crippen LogP contribution in [0.2, 0.25) is 5.02 Å². The fourth-order valence-corrected chi connectivity index (χ4v) is 1.75. The lowest BCUT2D eigenvalue weighted by atomic mass is 10.0. The number of carbonyl (C=O) groups excluding carboxylic acids is 1. The molecule has 0 fully saturated rings. The summed E-state index contributed by atoms with van der Waals surface area (Å²) in [5, 5.41) is 3.26. The Labute approximate surface area is 119 Å². The van der Waals surface area contributed by atoms with Crippen LogP contribution in [0.1, 0.15) is 27.2 Å². The summed E-state index contributed by atoms with van der Waals surface area (Å²) in [4.78, 5) is 11.8. The van der Waals surface area contributed by atoms with E-state index in [4.69, 9.17) is 22.1 Å². The minimum atomic E-state index is -0.141. The maximum Gasteiger partial charge on any atom is 0.225 e. The Morgan fingerprint density at radius 1 is 1.47 bits per heavy atom. The first-order valence-corrected chi connectivity index (χ1v) is 6.79. The van der Waals surface area contributed by atoms with Gasteiger partial charge in [-0.3, -0.25) is 4.79 Å². The van der Waals surface area contributed by atoms with Gasteiger partial charge < -0.3 is 15.8 Å². The van der Waals surface area contributed by atoms with Crippen LogP contribution in [0, 0.1) is 5.92 Å². The highest BCUT2D eigenvalue weighted by atomic mass is 35.5. The van der Waals surface area contributed by atoms with Crippen LogP contribution in [-0.4, -0.2) is 18.6 Å². The summed E-state index contributed by atoms with van der Waals surface area (Å²) in [6.45, 7) is 6.42. The Bertz CT molecular complexity index is 435. The van der Waals surface area contributed by atoms with Crippen molar-refractivity contribution < 1.29 is 9.53 Å². The van der Waals surface area contributed by atoms with E-state index < -0.39 is 0 Å². The number of carbonyl (C=O) groups is 1. The van der Waals surface area contributed by atoms with E-state index >= 15 is 0 Å². The van der Waals surface area contributed by atoms with E-state index in [0.717, 1.165) is 0 Å². The second-order valence-electron chi connectivity index (χ2n) is 4.74. The molecule has 3 N–H and O–H groups in total. The fraction of sp³-hybridized carbons (Fsp3) is 0.500. The van der Waals surface area contributed by atoms with E-state index in [-0.39, 0.29) is 17.9 Å². The zero-order chi connectivity index (χ0) is 14.4. The van der Waals surface area contributed by atoms with Crippen LogP contribution in [0.3, 0.4) is 0 Å². The van der Waals surface area contributed by atoms with Crippen molar-refractivity contribution in [1.82, 2.24) is 0 Å². The Balaban J connectivity index is 2.62. The second kappa shape index (κ2) is 7.36. The van der Waals surface area contributed by atoms with Crippen LogP contribution >= 0.6 is 11.6 Å². The van der Waals surface area contributed by atoms with Gasteiger partial charge in [-0.15, -0.1) is 0 Å². The van der Waals surface area contributed by atoms with Crippen LogP contribution in [0.25, 0.3) is 0 Å². The minimum absolute atomic E-state index is 0.110. The van der Waals surface area contributed by atoms with Crippen LogP contribution in [0.15, 0.2) is 18.2 Å². The number of anilines is 1. The Hall–Kier alpha value is -1.26. The lowest BCUT2D eigenvalue weighted by molar-refractivity contribution is -0.116. The molecule has 0 aliphatic carbocycles. The van der Waals surface area contributed by atoms with Crippen molar-refractivity contribution in [3.63, 3.8) is 0 Å². The summed E-state index contributed by atoms with van der Waals surface area (Å²) in [6.07, 6.45) is 0.294. The highest BCUT2D eigenvalue weighted by Gasteiger charge is 2.13.